The van der Waals surface area contributed by atoms with Crippen LogP contribution in [0.25, 0.3) is 0 Å². The largest absolute Gasteiger partial charge is 0.399 e. The molecule has 0 aliphatic carbocycles. The van der Waals surface area contributed by atoms with Crippen LogP contribution in [0.1, 0.15) is 6.42 Å². The Morgan fingerprint density at radius 2 is 1.39 bits per heavy atom. The fraction of sp³-hybridized carbons (Fsp3) is 0.294. The molecule has 0 heterocycles. The maximum Gasteiger partial charge on any atom is 0.129 e. The molecule has 6 nitrogen and oxygen atoms in total. The van der Waals surface area contributed by atoms with Crippen LogP contribution in [0.2, 0.25) is 0 Å². The van der Waals surface area contributed by atoms with Gasteiger partial charge in [0.25, 0.3) is 0 Å². The Morgan fingerprint density at radius 3 is 1.91 bits per heavy atom. The van der Waals surface area contributed by atoms with Crippen molar-refractivity contribution >= 4 is 22.7 Å². The van der Waals surface area contributed by atoms with Crippen molar-refractivity contribution in [3.8, 4) is 0 Å². The molecule has 0 saturated heterocycles. The van der Waals surface area contributed by atoms with Crippen molar-refractivity contribution in [2.24, 2.45) is 5.92 Å². The zero-order chi connectivity index (χ0) is 16.7. The quantitative estimate of drug-likeness (QED) is 0.326. The maximum atomic E-state index is 10.4. The Balaban J connectivity index is 1.93. The van der Waals surface area contributed by atoms with Gasteiger partial charge < -0.3 is 32.3 Å². The first-order chi connectivity index (χ1) is 11.1. The standard InChI is InChI=1S/C17H24N4O2/c18-13-1-5-15(6-2-13)20-11-12(9-10-22)17(23)21-16-7-3-14(19)4-8-16/h1-8,12,17,20-23H,9-11,18-19H2. The second-order valence-electron chi connectivity index (χ2n) is 5.49. The SMILES string of the molecule is Nc1ccc(NCC(CCO)C(O)Nc2ccc(N)cc2)cc1. The molecule has 0 spiro atoms. The van der Waals surface area contributed by atoms with Crippen LogP contribution in [0, 0.1) is 5.92 Å². The average Bonchev–Trinajstić information content (AvgIpc) is 2.55. The normalized spacial score (nSPS) is 13.3. The van der Waals surface area contributed by atoms with Gasteiger partial charge in [0.2, 0.25) is 0 Å². The van der Waals surface area contributed by atoms with Gasteiger partial charge in [0.15, 0.2) is 0 Å². The summed E-state index contributed by atoms with van der Waals surface area (Å²) >= 11 is 0. The minimum Gasteiger partial charge on any atom is -0.399 e. The number of aliphatic hydroxyl groups is 2. The van der Waals surface area contributed by atoms with Crippen LogP contribution >= 0.6 is 0 Å². The number of nitrogens with two attached hydrogens (primary N) is 2. The molecule has 0 bridgehead atoms. The Morgan fingerprint density at radius 1 is 0.870 bits per heavy atom. The smallest absolute Gasteiger partial charge is 0.129 e. The second-order valence-corrected chi connectivity index (χ2v) is 5.49. The zero-order valence-electron chi connectivity index (χ0n) is 12.9. The Bertz CT molecular complexity index is 587. The van der Waals surface area contributed by atoms with Gasteiger partial charge in [-0.15, -0.1) is 0 Å². The van der Waals surface area contributed by atoms with Crippen molar-refractivity contribution in [2.75, 3.05) is 35.3 Å². The first-order valence-electron chi connectivity index (χ1n) is 7.59. The molecule has 2 atom stereocenters. The van der Waals surface area contributed by atoms with E-state index in [1.54, 1.807) is 12.1 Å². The molecule has 2 unspecified atom stereocenters. The van der Waals surface area contributed by atoms with E-state index in [0.717, 1.165) is 11.4 Å². The number of nitrogen functional groups attached to an aromatic ring is 2. The molecule has 2 aromatic rings. The number of anilines is 4. The molecule has 0 aliphatic heterocycles. The van der Waals surface area contributed by atoms with Crippen molar-refractivity contribution in [1.82, 2.24) is 0 Å². The van der Waals surface area contributed by atoms with Crippen LogP contribution in [0.5, 0.6) is 0 Å². The van der Waals surface area contributed by atoms with Crippen LogP contribution in [-0.2, 0) is 0 Å². The molecule has 8 N–H and O–H groups in total. The first kappa shape index (κ1) is 16.9. The van der Waals surface area contributed by atoms with Crippen molar-refractivity contribution in [2.45, 2.75) is 12.6 Å². The van der Waals surface area contributed by atoms with Crippen molar-refractivity contribution in [3.63, 3.8) is 0 Å². The van der Waals surface area contributed by atoms with E-state index in [1.807, 2.05) is 36.4 Å². The van der Waals surface area contributed by atoms with Crippen molar-refractivity contribution in [1.29, 1.82) is 0 Å². The molecule has 0 amide bonds. The number of hydrogen-bond acceptors (Lipinski definition) is 6. The molecular formula is C17H24N4O2. The molecule has 0 aliphatic rings. The van der Waals surface area contributed by atoms with E-state index in [4.69, 9.17) is 11.5 Å². The number of hydrogen-bond donors (Lipinski definition) is 6. The first-order valence-corrected chi connectivity index (χ1v) is 7.59. The Hall–Kier alpha value is -2.44. The third-order valence-electron chi connectivity index (χ3n) is 3.65. The summed E-state index contributed by atoms with van der Waals surface area (Å²) in [6.45, 7) is 0.530. The predicted octanol–water partition coefficient (Wildman–Crippen LogP) is 1.69. The van der Waals surface area contributed by atoms with E-state index >= 15 is 0 Å². The highest BCUT2D eigenvalue weighted by atomic mass is 16.3. The van der Waals surface area contributed by atoms with E-state index in [9.17, 15) is 10.2 Å². The van der Waals surface area contributed by atoms with E-state index in [0.29, 0.717) is 24.3 Å². The van der Waals surface area contributed by atoms with Gasteiger partial charge in [-0.2, -0.15) is 0 Å². The van der Waals surface area contributed by atoms with E-state index in [2.05, 4.69) is 10.6 Å². The zero-order valence-corrected chi connectivity index (χ0v) is 12.9. The van der Waals surface area contributed by atoms with E-state index in [1.165, 1.54) is 0 Å². The van der Waals surface area contributed by atoms with Crippen LogP contribution in [0.15, 0.2) is 48.5 Å². The summed E-state index contributed by atoms with van der Waals surface area (Å²) in [5.41, 5.74) is 14.4. The lowest BCUT2D eigenvalue weighted by atomic mass is 10.0. The van der Waals surface area contributed by atoms with Crippen LogP contribution in [0.3, 0.4) is 0 Å². The van der Waals surface area contributed by atoms with Crippen LogP contribution in [0.4, 0.5) is 22.7 Å². The van der Waals surface area contributed by atoms with Gasteiger partial charge in [0.05, 0.1) is 0 Å². The summed E-state index contributed by atoms with van der Waals surface area (Å²) in [4.78, 5) is 0. The summed E-state index contributed by atoms with van der Waals surface area (Å²) in [7, 11) is 0. The fourth-order valence-electron chi connectivity index (χ4n) is 2.26. The maximum absolute atomic E-state index is 10.4. The van der Waals surface area contributed by atoms with Gasteiger partial charge in [-0.3, -0.25) is 0 Å². The molecule has 0 radical (unpaired) electrons. The van der Waals surface area contributed by atoms with E-state index < -0.39 is 6.23 Å². The summed E-state index contributed by atoms with van der Waals surface area (Å²) in [6.07, 6.45) is -0.308. The van der Waals surface area contributed by atoms with Gasteiger partial charge in [-0.05, 0) is 55.0 Å². The molecule has 6 heteroatoms. The van der Waals surface area contributed by atoms with Crippen molar-refractivity contribution in [3.05, 3.63) is 48.5 Å². The van der Waals surface area contributed by atoms with Gasteiger partial charge >= 0.3 is 0 Å². The highest BCUT2D eigenvalue weighted by Gasteiger charge is 2.18. The lowest BCUT2D eigenvalue weighted by molar-refractivity contribution is 0.118. The second kappa shape index (κ2) is 8.26. The number of nitrogens with one attached hydrogen (secondary N) is 2. The van der Waals surface area contributed by atoms with Crippen molar-refractivity contribution < 1.29 is 10.2 Å². The molecule has 23 heavy (non-hydrogen) atoms. The van der Waals surface area contributed by atoms with E-state index in [-0.39, 0.29) is 12.5 Å². The molecule has 2 aromatic carbocycles. The monoisotopic (exact) mass is 316 g/mol. The molecule has 2 rings (SSSR count). The molecular weight excluding hydrogens is 292 g/mol. The van der Waals surface area contributed by atoms with Gasteiger partial charge in [0, 0.05) is 41.8 Å². The van der Waals surface area contributed by atoms with Crippen LogP contribution in [-0.4, -0.2) is 29.6 Å². The average molecular weight is 316 g/mol. The molecule has 0 fully saturated rings. The molecule has 124 valence electrons. The highest BCUT2D eigenvalue weighted by Crippen LogP contribution is 2.17. The van der Waals surface area contributed by atoms with Gasteiger partial charge in [-0.25, -0.2) is 0 Å². The summed E-state index contributed by atoms with van der Waals surface area (Å²) in [6, 6.07) is 14.5. The lowest BCUT2D eigenvalue weighted by Gasteiger charge is -2.25. The number of benzene rings is 2. The van der Waals surface area contributed by atoms with Crippen LogP contribution < -0.4 is 22.1 Å². The lowest BCUT2D eigenvalue weighted by Crippen LogP contribution is -2.34. The molecule has 0 aromatic heterocycles. The third-order valence-corrected chi connectivity index (χ3v) is 3.65. The topological polar surface area (TPSA) is 117 Å². The molecule has 0 saturated carbocycles. The Kier molecular flexibility index (Phi) is 6.08. The number of aliphatic hydroxyl groups excluding tert-OH is 2. The fourth-order valence-corrected chi connectivity index (χ4v) is 2.26. The predicted molar refractivity (Wildman–Crippen MR) is 95.0 cm³/mol. The summed E-state index contributed by atoms with van der Waals surface area (Å²) < 4.78 is 0. The summed E-state index contributed by atoms with van der Waals surface area (Å²) in [5.74, 6) is -0.157. The minimum absolute atomic E-state index is 0.00849. The third kappa shape index (κ3) is 5.36. The Labute approximate surface area is 136 Å². The highest BCUT2D eigenvalue weighted by molar-refractivity contribution is 5.52. The van der Waals surface area contributed by atoms with Gasteiger partial charge in [0.1, 0.15) is 6.23 Å². The minimum atomic E-state index is -0.785. The summed E-state index contributed by atoms with van der Waals surface area (Å²) in [5, 5.41) is 25.9. The van der Waals surface area contributed by atoms with Gasteiger partial charge in [-0.1, -0.05) is 0 Å². The number of rotatable bonds is 8.